The van der Waals surface area contributed by atoms with E-state index < -0.39 is 10.0 Å². The van der Waals surface area contributed by atoms with Crippen LogP contribution in [0, 0.1) is 6.92 Å². The molecule has 124 valence electrons. The average Bonchev–Trinajstić information content (AvgIpc) is 2.53. The summed E-state index contributed by atoms with van der Waals surface area (Å²) < 4.78 is 26.9. The summed E-state index contributed by atoms with van der Waals surface area (Å²) in [6, 6.07) is 6.89. The molecule has 0 amide bonds. The van der Waals surface area contributed by atoms with Gasteiger partial charge in [0.15, 0.2) is 0 Å². The minimum absolute atomic E-state index is 0.300. The van der Waals surface area contributed by atoms with E-state index in [9.17, 15) is 8.42 Å². The molecule has 3 nitrogen and oxygen atoms in total. The van der Waals surface area contributed by atoms with Gasteiger partial charge in [-0.15, -0.1) is 13.2 Å². The Morgan fingerprint density at radius 3 is 2.30 bits per heavy atom. The lowest BCUT2D eigenvalue weighted by Crippen LogP contribution is -2.26. The number of rotatable bonds is 10. The minimum atomic E-state index is -3.55. The van der Waals surface area contributed by atoms with Gasteiger partial charge < -0.3 is 0 Å². The molecule has 0 spiro atoms. The Bertz CT molecular complexity index is 655. The van der Waals surface area contributed by atoms with Crippen molar-refractivity contribution in [1.29, 1.82) is 0 Å². The molecule has 0 aliphatic heterocycles. The van der Waals surface area contributed by atoms with Crippen LogP contribution in [0.1, 0.15) is 24.8 Å². The van der Waals surface area contributed by atoms with Crippen LogP contribution < -0.4 is 0 Å². The van der Waals surface area contributed by atoms with Crippen molar-refractivity contribution in [3.05, 3.63) is 79.6 Å². The number of hydrogen-bond donors (Lipinski definition) is 0. The monoisotopic (exact) mass is 331 g/mol. The predicted molar refractivity (Wildman–Crippen MR) is 97.6 cm³/mol. The summed E-state index contributed by atoms with van der Waals surface area (Å²) in [5.41, 5.74) is 1.03. The quantitative estimate of drug-likeness (QED) is 0.464. The molecule has 0 N–H and O–H groups in total. The maximum atomic E-state index is 12.8. The van der Waals surface area contributed by atoms with Gasteiger partial charge >= 0.3 is 0 Å². The van der Waals surface area contributed by atoms with Crippen LogP contribution in [0.4, 0.5) is 0 Å². The third-order valence-electron chi connectivity index (χ3n) is 3.19. The number of aryl methyl sites for hydroxylation is 1. The summed E-state index contributed by atoms with van der Waals surface area (Å²) in [6.45, 7) is 9.54. The van der Waals surface area contributed by atoms with Crippen LogP contribution in [0.5, 0.6) is 0 Å². The number of benzene rings is 1. The highest BCUT2D eigenvalue weighted by Gasteiger charge is 2.20. The molecule has 0 saturated heterocycles. The Hall–Kier alpha value is -2.07. The molecular weight excluding hydrogens is 306 g/mol. The number of hydrogen-bond acceptors (Lipinski definition) is 2. The first-order valence-corrected chi connectivity index (χ1v) is 9.08. The van der Waals surface area contributed by atoms with E-state index in [1.807, 2.05) is 31.2 Å². The van der Waals surface area contributed by atoms with Crippen molar-refractivity contribution < 1.29 is 8.42 Å². The van der Waals surface area contributed by atoms with Gasteiger partial charge in [-0.05, 0) is 38.3 Å². The van der Waals surface area contributed by atoms with E-state index in [4.69, 9.17) is 0 Å². The molecule has 4 heteroatoms. The van der Waals surface area contributed by atoms with E-state index in [0.29, 0.717) is 11.4 Å². The predicted octanol–water partition coefficient (Wildman–Crippen LogP) is 4.60. The van der Waals surface area contributed by atoms with Crippen molar-refractivity contribution in [2.75, 3.05) is 6.54 Å². The fourth-order valence-corrected chi connectivity index (χ4v) is 3.14. The molecule has 0 heterocycles. The first-order valence-electron chi connectivity index (χ1n) is 7.64. The smallest absolute Gasteiger partial charge is 0.264 e. The van der Waals surface area contributed by atoms with E-state index in [1.165, 1.54) is 4.31 Å². The largest absolute Gasteiger partial charge is 0.270 e. The van der Waals surface area contributed by atoms with Gasteiger partial charge in [-0.2, -0.15) is 0 Å². The molecule has 0 aliphatic rings. The van der Waals surface area contributed by atoms with Crippen molar-refractivity contribution in [2.24, 2.45) is 0 Å². The van der Waals surface area contributed by atoms with E-state index in [-0.39, 0.29) is 0 Å². The Labute approximate surface area is 140 Å². The second-order valence-electron chi connectivity index (χ2n) is 5.13. The SMILES string of the molecule is C=CC/C=C/CN(/C=C/CCC=C)S(=O)(=O)c1ccc(C)cc1. The summed E-state index contributed by atoms with van der Waals surface area (Å²) in [5, 5.41) is 0. The van der Waals surface area contributed by atoms with Crippen molar-refractivity contribution >= 4 is 10.0 Å². The van der Waals surface area contributed by atoms with E-state index >= 15 is 0 Å². The maximum absolute atomic E-state index is 12.8. The van der Waals surface area contributed by atoms with Crippen LogP contribution in [-0.4, -0.2) is 19.3 Å². The van der Waals surface area contributed by atoms with Crippen LogP contribution in [0.15, 0.2) is 78.9 Å². The molecule has 1 rings (SSSR count). The number of allylic oxidation sites excluding steroid dienone is 4. The number of sulfonamides is 1. The van der Waals surface area contributed by atoms with E-state index in [1.54, 1.807) is 36.5 Å². The molecule has 1 aromatic rings. The molecule has 23 heavy (non-hydrogen) atoms. The fourth-order valence-electron chi connectivity index (χ4n) is 1.86. The zero-order chi connectivity index (χ0) is 17.1. The summed E-state index contributed by atoms with van der Waals surface area (Å²) in [6.07, 6.45) is 13.1. The number of nitrogens with zero attached hydrogens (tertiary/aromatic N) is 1. The van der Waals surface area contributed by atoms with Crippen LogP contribution in [0.3, 0.4) is 0 Å². The van der Waals surface area contributed by atoms with Gasteiger partial charge in [0, 0.05) is 6.20 Å². The van der Waals surface area contributed by atoms with Gasteiger partial charge in [0.1, 0.15) is 0 Å². The molecule has 0 aromatic heterocycles. The Balaban J connectivity index is 2.99. The average molecular weight is 331 g/mol. The van der Waals surface area contributed by atoms with Crippen LogP contribution in [0.25, 0.3) is 0 Å². The normalized spacial score (nSPS) is 11.9. The summed E-state index contributed by atoms with van der Waals surface area (Å²) in [5.74, 6) is 0. The standard InChI is InChI=1S/C19H25NO2S/c1-4-6-8-10-16-20(17-11-9-7-5-2)23(21,22)19-14-12-18(3)13-15-19/h4-5,8,10-15,17H,1-2,6-7,9,16H2,3H3/b10-8+,17-11+. The molecule has 0 atom stereocenters. The van der Waals surface area contributed by atoms with Crippen molar-refractivity contribution in [2.45, 2.75) is 31.1 Å². The lowest BCUT2D eigenvalue weighted by Gasteiger charge is -2.19. The molecule has 0 unspecified atom stereocenters. The van der Waals surface area contributed by atoms with Crippen molar-refractivity contribution in [1.82, 2.24) is 4.31 Å². The highest BCUT2D eigenvalue weighted by atomic mass is 32.2. The molecule has 0 aliphatic carbocycles. The van der Waals surface area contributed by atoms with Crippen LogP contribution in [0.2, 0.25) is 0 Å². The third kappa shape index (κ3) is 6.28. The first kappa shape index (κ1) is 19.0. The topological polar surface area (TPSA) is 37.4 Å². The van der Waals surface area contributed by atoms with Crippen LogP contribution in [-0.2, 0) is 10.0 Å². The maximum Gasteiger partial charge on any atom is 0.264 e. The highest BCUT2D eigenvalue weighted by Crippen LogP contribution is 2.17. The molecule has 0 saturated carbocycles. The number of unbranched alkanes of at least 4 members (excludes halogenated alkanes) is 1. The van der Waals surface area contributed by atoms with Crippen LogP contribution >= 0.6 is 0 Å². The van der Waals surface area contributed by atoms with Crippen molar-refractivity contribution in [3.63, 3.8) is 0 Å². The second-order valence-corrected chi connectivity index (χ2v) is 7.02. The first-order chi connectivity index (χ1) is 11.0. The van der Waals surface area contributed by atoms with Crippen molar-refractivity contribution in [3.8, 4) is 0 Å². The zero-order valence-electron chi connectivity index (χ0n) is 13.7. The van der Waals surface area contributed by atoms with Gasteiger partial charge in [0.2, 0.25) is 0 Å². The zero-order valence-corrected chi connectivity index (χ0v) is 14.5. The fraction of sp³-hybridized carbons (Fsp3) is 0.263. The van der Waals surface area contributed by atoms with E-state index in [2.05, 4.69) is 13.2 Å². The Morgan fingerprint density at radius 2 is 1.70 bits per heavy atom. The summed E-state index contributed by atoms with van der Waals surface area (Å²) >= 11 is 0. The molecule has 0 fully saturated rings. The third-order valence-corrected chi connectivity index (χ3v) is 4.95. The minimum Gasteiger partial charge on any atom is -0.270 e. The lowest BCUT2D eigenvalue weighted by atomic mass is 10.2. The highest BCUT2D eigenvalue weighted by molar-refractivity contribution is 7.89. The molecular formula is C19H25NO2S. The van der Waals surface area contributed by atoms with E-state index in [0.717, 1.165) is 24.8 Å². The van der Waals surface area contributed by atoms with Gasteiger partial charge in [-0.1, -0.05) is 48.1 Å². The van der Waals surface area contributed by atoms with Gasteiger partial charge in [-0.25, -0.2) is 8.42 Å². The molecule has 1 aromatic carbocycles. The summed E-state index contributed by atoms with van der Waals surface area (Å²) in [7, 11) is -3.55. The van der Waals surface area contributed by atoms with Gasteiger partial charge in [0.05, 0.1) is 11.4 Å². The Kier molecular flexibility index (Phi) is 8.13. The Morgan fingerprint density at radius 1 is 1.00 bits per heavy atom. The molecule has 0 bridgehead atoms. The summed E-state index contributed by atoms with van der Waals surface area (Å²) in [4.78, 5) is 0.300. The lowest BCUT2D eigenvalue weighted by molar-refractivity contribution is 0.521. The second kappa shape index (κ2) is 9.85. The molecule has 0 radical (unpaired) electrons. The van der Waals surface area contributed by atoms with Gasteiger partial charge in [-0.3, -0.25) is 4.31 Å². The van der Waals surface area contributed by atoms with Gasteiger partial charge in [0.25, 0.3) is 10.0 Å².